The Morgan fingerprint density at radius 2 is 1.75 bits per heavy atom. The number of ether oxygens (including phenoxy) is 1. The van der Waals surface area contributed by atoms with Gasteiger partial charge in [0.05, 0.1) is 31.0 Å². The molecule has 154 valence electrons. The van der Waals surface area contributed by atoms with Gasteiger partial charge in [-0.1, -0.05) is 0 Å². The largest absolute Gasteiger partial charge is 0.469 e. The Balaban J connectivity index is 1.30. The molecule has 1 atom stereocenters. The number of piperidine rings is 2. The summed E-state index contributed by atoms with van der Waals surface area (Å²) in [4.78, 5) is 32.0. The van der Waals surface area contributed by atoms with E-state index in [1.54, 1.807) is 12.3 Å². The Bertz CT molecular complexity index is 690. The van der Waals surface area contributed by atoms with E-state index in [4.69, 9.17) is 9.15 Å². The van der Waals surface area contributed by atoms with E-state index < -0.39 is 0 Å². The number of amides is 2. The van der Waals surface area contributed by atoms with Crippen molar-refractivity contribution < 1.29 is 18.7 Å². The molecule has 0 aromatic carbocycles. The molecule has 0 bridgehead atoms. The fourth-order valence-corrected chi connectivity index (χ4v) is 4.79. The van der Waals surface area contributed by atoms with Crippen molar-refractivity contribution in [2.24, 2.45) is 5.92 Å². The van der Waals surface area contributed by atoms with Crippen LogP contribution in [0.1, 0.15) is 41.8 Å². The zero-order chi connectivity index (χ0) is 19.5. The average Bonchev–Trinajstić information content (AvgIpc) is 3.19. The Labute approximate surface area is 166 Å². The van der Waals surface area contributed by atoms with E-state index in [1.165, 1.54) is 0 Å². The number of likely N-dealkylation sites (tertiary alicyclic amines) is 2. The first-order valence-corrected chi connectivity index (χ1v) is 10.6. The topological polar surface area (TPSA) is 66.2 Å². The highest BCUT2D eigenvalue weighted by atomic mass is 16.5. The molecule has 3 saturated heterocycles. The van der Waals surface area contributed by atoms with Crippen LogP contribution in [-0.2, 0) is 9.53 Å². The first-order valence-electron chi connectivity index (χ1n) is 10.6. The van der Waals surface area contributed by atoms with E-state index >= 15 is 0 Å². The van der Waals surface area contributed by atoms with E-state index in [-0.39, 0.29) is 11.8 Å². The van der Waals surface area contributed by atoms with Crippen LogP contribution in [0, 0.1) is 12.8 Å². The third-order valence-electron chi connectivity index (χ3n) is 6.48. The van der Waals surface area contributed by atoms with Crippen molar-refractivity contribution in [3.05, 3.63) is 23.7 Å². The van der Waals surface area contributed by atoms with Crippen molar-refractivity contribution in [3.8, 4) is 0 Å². The van der Waals surface area contributed by atoms with Gasteiger partial charge in [-0.3, -0.25) is 14.5 Å². The molecule has 0 aliphatic carbocycles. The fraction of sp³-hybridized carbons (Fsp3) is 0.714. The number of hydrogen-bond acceptors (Lipinski definition) is 5. The molecule has 0 saturated carbocycles. The van der Waals surface area contributed by atoms with Crippen molar-refractivity contribution in [1.82, 2.24) is 14.7 Å². The molecule has 4 rings (SSSR count). The van der Waals surface area contributed by atoms with Gasteiger partial charge in [-0.05, 0) is 45.2 Å². The zero-order valence-electron chi connectivity index (χ0n) is 16.8. The molecule has 4 heterocycles. The maximum absolute atomic E-state index is 12.9. The van der Waals surface area contributed by atoms with Gasteiger partial charge in [-0.15, -0.1) is 0 Å². The third kappa shape index (κ3) is 4.10. The molecule has 0 radical (unpaired) electrons. The standard InChI is InChI=1S/C21H31N3O4/c1-16-19(6-12-28-16)21(26)22-8-4-18(5-9-22)24-7-2-3-17(15-24)20(25)23-10-13-27-14-11-23/h6,12,17-18H,2-5,7-11,13-15H2,1H3/t17-/m1/s1. The smallest absolute Gasteiger partial charge is 0.257 e. The molecule has 1 aromatic heterocycles. The van der Waals surface area contributed by atoms with Gasteiger partial charge < -0.3 is 19.0 Å². The number of carbonyl (C=O) groups is 2. The van der Waals surface area contributed by atoms with Gasteiger partial charge in [0.15, 0.2) is 0 Å². The van der Waals surface area contributed by atoms with Crippen LogP contribution in [0.25, 0.3) is 0 Å². The second-order valence-corrected chi connectivity index (χ2v) is 8.19. The molecule has 3 fully saturated rings. The van der Waals surface area contributed by atoms with Crippen LogP contribution >= 0.6 is 0 Å². The lowest BCUT2D eigenvalue weighted by Gasteiger charge is -2.43. The summed E-state index contributed by atoms with van der Waals surface area (Å²) < 4.78 is 10.7. The molecule has 3 aliphatic rings. The molecule has 1 aromatic rings. The summed E-state index contributed by atoms with van der Waals surface area (Å²) in [6.45, 7) is 8.06. The Morgan fingerprint density at radius 1 is 1.00 bits per heavy atom. The number of nitrogens with zero attached hydrogens (tertiary/aromatic N) is 3. The summed E-state index contributed by atoms with van der Waals surface area (Å²) in [5.41, 5.74) is 0.674. The second-order valence-electron chi connectivity index (χ2n) is 8.19. The maximum atomic E-state index is 12.9. The molecular formula is C21H31N3O4. The van der Waals surface area contributed by atoms with E-state index in [9.17, 15) is 9.59 Å². The highest BCUT2D eigenvalue weighted by Crippen LogP contribution is 2.26. The minimum Gasteiger partial charge on any atom is -0.469 e. The molecule has 0 spiro atoms. The van der Waals surface area contributed by atoms with E-state index in [2.05, 4.69) is 4.90 Å². The van der Waals surface area contributed by atoms with Crippen molar-refractivity contribution in [1.29, 1.82) is 0 Å². The first-order chi connectivity index (χ1) is 13.6. The highest BCUT2D eigenvalue weighted by molar-refractivity contribution is 5.95. The first kappa shape index (κ1) is 19.5. The highest BCUT2D eigenvalue weighted by Gasteiger charge is 2.34. The van der Waals surface area contributed by atoms with Crippen LogP contribution in [0.3, 0.4) is 0 Å². The zero-order valence-corrected chi connectivity index (χ0v) is 16.8. The van der Waals surface area contributed by atoms with Crippen LogP contribution in [0.4, 0.5) is 0 Å². The molecule has 0 N–H and O–H groups in total. The number of aryl methyl sites for hydroxylation is 1. The van der Waals surface area contributed by atoms with Gasteiger partial charge in [-0.2, -0.15) is 0 Å². The van der Waals surface area contributed by atoms with Crippen molar-refractivity contribution >= 4 is 11.8 Å². The van der Waals surface area contributed by atoms with Crippen LogP contribution < -0.4 is 0 Å². The SMILES string of the molecule is Cc1occc1C(=O)N1CCC(N2CCC[C@@H](C(=O)N3CCOCC3)C2)CC1. The molecule has 28 heavy (non-hydrogen) atoms. The van der Waals surface area contributed by atoms with Crippen LogP contribution in [0.5, 0.6) is 0 Å². The van der Waals surface area contributed by atoms with Gasteiger partial charge in [0.1, 0.15) is 5.76 Å². The summed E-state index contributed by atoms with van der Waals surface area (Å²) in [7, 11) is 0. The Kier molecular flexibility index (Phi) is 6.01. The molecule has 7 nitrogen and oxygen atoms in total. The fourth-order valence-electron chi connectivity index (χ4n) is 4.79. The lowest BCUT2D eigenvalue weighted by atomic mass is 9.92. The average molecular weight is 389 g/mol. The summed E-state index contributed by atoms with van der Waals surface area (Å²) in [5, 5.41) is 0. The van der Waals surface area contributed by atoms with E-state index in [0.29, 0.717) is 36.5 Å². The molecule has 0 unspecified atom stereocenters. The predicted molar refractivity (Wildman–Crippen MR) is 104 cm³/mol. The lowest BCUT2D eigenvalue weighted by Crippen LogP contribution is -2.53. The normalized spacial score (nSPS) is 25.1. The van der Waals surface area contributed by atoms with E-state index in [0.717, 1.165) is 65.0 Å². The van der Waals surface area contributed by atoms with Crippen molar-refractivity contribution in [2.75, 3.05) is 52.5 Å². The number of furan rings is 1. The number of hydrogen-bond donors (Lipinski definition) is 0. The van der Waals surface area contributed by atoms with Crippen LogP contribution in [0.15, 0.2) is 16.7 Å². The molecule has 7 heteroatoms. The van der Waals surface area contributed by atoms with Gasteiger partial charge in [0, 0.05) is 38.8 Å². The molecule has 2 amide bonds. The summed E-state index contributed by atoms with van der Waals surface area (Å²) >= 11 is 0. The monoisotopic (exact) mass is 389 g/mol. The summed E-state index contributed by atoms with van der Waals surface area (Å²) in [5.74, 6) is 1.17. The van der Waals surface area contributed by atoms with Crippen molar-refractivity contribution in [2.45, 2.75) is 38.6 Å². The van der Waals surface area contributed by atoms with Gasteiger partial charge in [0.2, 0.25) is 5.91 Å². The molecule has 3 aliphatic heterocycles. The third-order valence-corrected chi connectivity index (χ3v) is 6.48. The van der Waals surface area contributed by atoms with Crippen LogP contribution in [-0.4, -0.2) is 85.0 Å². The summed E-state index contributed by atoms with van der Waals surface area (Å²) in [6.07, 6.45) is 5.59. The number of morpholine rings is 1. The minimum absolute atomic E-state index is 0.0729. The lowest BCUT2D eigenvalue weighted by molar-refractivity contribution is -0.141. The Hall–Kier alpha value is -1.86. The number of carbonyl (C=O) groups excluding carboxylic acids is 2. The van der Waals surface area contributed by atoms with E-state index in [1.807, 2.05) is 16.7 Å². The van der Waals surface area contributed by atoms with Gasteiger partial charge >= 0.3 is 0 Å². The number of rotatable bonds is 3. The van der Waals surface area contributed by atoms with Crippen LogP contribution in [0.2, 0.25) is 0 Å². The maximum Gasteiger partial charge on any atom is 0.257 e. The Morgan fingerprint density at radius 3 is 2.43 bits per heavy atom. The van der Waals surface area contributed by atoms with Crippen molar-refractivity contribution in [3.63, 3.8) is 0 Å². The quantitative estimate of drug-likeness (QED) is 0.788. The summed E-state index contributed by atoms with van der Waals surface area (Å²) in [6, 6.07) is 2.23. The second kappa shape index (κ2) is 8.66. The molecular weight excluding hydrogens is 358 g/mol. The predicted octanol–water partition coefficient (Wildman–Crippen LogP) is 1.76. The van der Waals surface area contributed by atoms with Gasteiger partial charge in [0.25, 0.3) is 5.91 Å². The van der Waals surface area contributed by atoms with Gasteiger partial charge in [-0.25, -0.2) is 0 Å². The minimum atomic E-state index is 0.0729.